The van der Waals surface area contributed by atoms with Crippen LogP contribution in [0.1, 0.15) is 30.9 Å². The number of hydrogen-bond acceptors (Lipinski definition) is 4. The Morgan fingerprint density at radius 2 is 1.96 bits per heavy atom. The van der Waals surface area contributed by atoms with Crippen LogP contribution < -0.4 is 20.5 Å². The summed E-state index contributed by atoms with van der Waals surface area (Å²) in [6.45, 7) is 4.89. The molecule has 0 aliphatic rings. The molecule has 0 aromatic heterocycles. The van der Waals surface area contributed by atoms with Gasteiger partial charge in [0.15, 0.2) is 17.5 Å². The number of nitrogens with zero attached hydrogens (tertiary/aromatic N) is 1. The lowest BCUT2D eigenvalue weighted by Gasteiger charge is -2.11. The van der Waals surface area contributed by atoms with E-state index in [4.69, 9.17) is 20.3 Å². The van der Waals surface area contributed by atoms with Gasteiger partial charge in [-0.15, -0.1) is 24.0 Å². The Bertz CT molecular complexity index is 751. The first-order chi connectivity index (χ1) is 12.5. The molecule has 2 aromatic carbocycles. The number of aliphatic hydroxyl groups is 1. The van der Waals surface area contributed by atoms with Gasteiger partial charge in [0.2, 0.25) is 0 Å². The molecule has 0 aliphatic heterocycles. The molecule has 0 fully saturated rings. The van der Waals surface area contributed by atoms with Crippen LogP contribution in [0, 0.1) is 0 Å². The third-order valence-electron chi connectivity index (χ3n) is 3.83. The third-order valence-corrected chi connectivity index (χ3v) is 3.83. The Kier molecular flexibility index (Phi) is 9.95. The first-order valence-corrected chi connectivity index (χ1v) is 8.61. The smallest absolute Gasteiger partial charge is 0.193 e. The summed E-state index contributed by atoms with van der Waals surface area (Å²) in [6, 6.07) is 13.7. The first kappa shape index (κ1) is 23.0. The normalized spacial score (nSPS) is 11.1. The SMILES string of the molecule is COc1cc(CN=C(N)Nc2cccc(C(C)C)c2)ccc1OCCO.I. The van der Waals surface area contributed by atoms with E-state index in [-0.39, 0.29) is 37.2 Å². The Morgan fingerprint density at radius 1 is 1.19 bits per heavy atom. The zero-order valence-electron chi connectivity index (χ0n) is 15.9. The van der Waals surface area contributed by atoms with Crippen LogP contribution in [0.25, 0.3) is 0 Å². The van der Waals surface area contributed by atoms with Crippen molar-refractivity contribution in [2.24, 2.45) is 10.7 Å². The zero-order chi connectivity index (χ0) is 18.9. The highest BCUT2D eigenvalue weighted by Crippen LogP contribution is 2.28. The molecule has 0 saturated carbocycles. The second-order valence-corrected chi connectivity index (χ2v) is 6.16. The first-order valence-electron chi connectivity index (χ1n) is 8.61. The van der Waals surface area contributed by atoms with Crippen molar-refractivity contribution in [1.82, 2.24) is 0 Å². The average Bonchev–Trinajstić information content (AvgIpc) is 2.65. The molecule has 148 valence electrons. The summed E-state index contributed by atoms with van der Waals surface area (Å²) in [5, 5.41) is 12.0. The van der Waals surface area contributed by atoms with E-state index in [0.717, 1.165) is 11.3 Å². The number of guanidine groups is 1. The summed E-state index contributed by atoms with van der Waals surface area (Å²) >= 11 is 0. The number of benzene rings is 2. The summed E-state index contributed by atoms with van der Waals surface area (Å²) in [4.78, 5) is 4.38. The quantitative estimate of drug-likeness (QED) is 0.301. The van der Waals surface area contributed by atoms with E-state index < -0.39 is 0 Å². The number of ether oxygens (including phenoxy) is 2. The molecule has 7 heteroatoms. The minimum Gasteiger partial charge on any atom is -0.493 e. The van der Waals surface area contributed by atoms with E-state index in [0.29, 0.717) is 29.9 Å². The molecule has 0 spiro atoms. The maximum absolute atomic E-state index is 8.86. The number of nitrogens with one attached hydrogen (secondary N) is 1. The Morgan fingerprint density at radius 3 is 2.63 bits per heavy atom. The number of aliphatic imine (C=N–C) groups is 1. The molecule has 4 N–H and O–H groups in total. The van der Waals surface area contributed by atoms with E-state index in [1.807, 2.05) is 24.3 Å². The van der Waals surface area contributed by atoms with Gasteiger partial charge < -0.3 is 25.6 Å². The second-order valence-electron chi connectivity index (χ2n) is 6.16. The van der Waals surface area contributed by atoms with Crippen LogP contribution in [0.3, 0.4) is 0 Å². The lowest BCUT2D eigenvalue weighted by Crippen LogP contribution is -2.22. The van der Waals surface area contributed by atoms with E-state index in [1.54, 1.807) is 13.2 Å². The molecular weight excluding hydrogens is 457 g/mol. The predicted octanol–water partition coefficient (Wildman–Crippen LogP) is 3.73. The van der Waals surface area contributed by atoms with Gasteiger partial charge in [0, 0.05) is 5.69 Å². The summed E-state index contributed by atoms with van der Waals surface area (Å²) in [6.07, 6.45) is 0. The largest absolute Gasteiger partial charge is 0.493 e. The van der Waals surface area contributed by atoms with Gasteiger partial charge >= 0.3 is 0 Å². The summed E-state index contributed by atoms with van der Waals surface area (Å²) in [5.74, 6) is 1.99. The number of anilines is 1. The van der Waals surface area contributed by atoms with Crippen LogP contribution in [0.4, 0.5) is 5.69 Å². The lowest BCUT2D eigenvalue weighted by atomic mass is 10.0. The predicted molar refractivity (Wildman–Crippen MR) is 120 cm³/mol. The molecular formula is C20H28IN3O3. The van der Waals surface area contributed by atoms with Crippen LogP contribution in [0.15, 0.2) is 47.5 Å². The van der Waals surface area contributed by atoms with Crippen molar-refractivity contribution >= 4 is 35.6 Å². The standard InChI is InChI=1S/C20H27N3O3.HI/c1-14(2)16-5-4-6-17(12-16)23-20(21)22-13-15-7-8-18(26-10-9-24)19(11-15)25-3;/h4-8,11-12,14,24H,9-10,13H2,1-3H3,(H3,21,22,23);1H. The van der Waals surface area contributed by atoms with Crippen molar-refractivity contribution in [2.45, 2.75) is 26.3 Å². The van der Waals surface area contributed by atoms with E-state index in [1.165, 1.54) is 5.56 Å². The Hall–Kier alpha value is -2.00. The van der Waals surface area contributed by atoms with E-state index in [2.05, 4.69) is 36.3 Å². The molecule has 27 heavy (non-hydrogen) atoms. The van der Waals surface area contributed by atoms with Gasteiger partial charge in [-0.3, -0.25) is 0 Å². The maximum Gasteiger partial charge on any atom is 0.193 e. The monoisotopic (exact) mass is 485 g/mol. The maximum atomic E-state index is 8.86. The Balaban J connectivity index is 0.00000364. The second kappa shape index (κ2) is 11.7. The average molecular weight is 485 g/mol. The van der Waals surface area contributed by atoms with Crippen molar-refractivity contribution in [3.8, 4) is 11.5 Å². The lowest BCUT2D eigenvalue weighted by molar-refractivity contribution is 0.196. The molecule has 0 unspecified atom stereocenters. The molecule has 0 heterocycles. The summed E-state index contributed by atoms with van der Waals surface area (Å²) in [7, 11) is 1.58. The van der Waals surface area contributed by atoms with Gasteiger partial charge in [-0.25, -0.2) is 4.99 Å². The van der Waals surface area contributed by atoms with E-state index in [9.17, 15) is 0 Å². The Labute approximate surface area is 177 Å². The van der Waals surface area contributed by atoms with Gasteiger partial charge in [-0.05, 0) is 41.3 Å². The van der Waals surface area contributed by atoms with Crippen molar-refractivity contribution < 1.29 is 14.6 Å². The van der Waals surface area contributed by atoms with Gasteiger partial charge in [0.1, 0.15) is 6.61 Å². The number of hydrogen-bond donors (Lipinski definition) is 3. The van der Waals surface area contributed by atoms with Crippen LogP contribution >= 0.6 is 24.0 Å². The van der Waals surface area contributed by atoms with Gasteiger partial charge in [-0.1, -0.05) is 32.0 Å². The van der Waals surface area contributed by atoms with Gasteiger partial charge in [-0.2, -0.15) is 0 Å². The summed E-state index contributed by atoms with van der Waals surface area (Å²) in [5.41, 5.74) is 9.11. The van der Waals surface area contributed by atoms with Crippen LogP contribution in [0.2, 0.25) is 0 Å². The number of halogens is 1. The fraction of sp³-hybridized carbons (Fsp3) is 0.350. The highest BCUT2D eigenvalue weighted by Gasteiger charge is 2.06. The highest BCUT2D eigenvalue weighted by atomic mass is 127. The number of aliphatic hydroxyl groups excluding tert-OH is 1. The van der Waals surface area contributed by atoms with E-state index >= 15 is 0 Å². The third kappa shape index (κ3) is 7.26. The summed E-state index contributed by atoms with van der Waals surface area (Å²) < 4.78 is 10.7. The highest BCUT2D eigenvalue weighted by molar-refractivity contribution is 14.0. The molecule has 6 nitrogen and oxygen atoms in total. The molecule has 0 bridgehead atoms. The van der Waals surface area contributed by atoms with Crippen molar-refractivity contribution in [3.05, 3.63) is 53.6 Å². The zero-order valence-corrected chi connectivity index (χ0v) is 18.3. The number of rotatable bonds is 8. The number of methoxy groups -OCH3 is 1. The fourth-order valence-corrected chi connectivity index (χ4v) is 2.42. The fourth-order valence-electron chi connectivity index (χ4n) is 2.42. The molecule has 2 rings (SSSR count). The molecule has 0 atom stereocenters. The molecule has 0 radical (unpaired) electrons. The van der Waals surface area contributed by atoms with Gasteiger partial charge in [0.05, 0.1) is 20.3 Å². The van der Waals surface area contributed by atoms with Crippen LogP contribution in [-0.4, -0.2) is 31.4 Å². The van der Waals surface area contributed by atoms with Gasteiger partial charge in [0.25, 0.3) is 0 Å². The molecule has 0 saturated heterocycles. The van der Waals surface area contributed by atoms with Crippen LogP contribution in [0.5, 0.6) is 11.5 Å². The minimum absolute atomic E-state index is 0. The van der Waals surface area contributed by atoms with Crippen molar-refractivity contribution in [2.75, 3.05) is 25.6 Å². The van der Waals surface area contributed by atoms with Crippen molar-refractivity contribution in [3.63, 3.8) is 0 Å². The number of nitrogens with two attached hydrogens (primary N) is 1. The molecule has 0 aliphatic carbocycles. The molecule has 2 aromatic rings. The molecule has 0 amide bonds. The van der Waals surface area contributed by atoms with Crippen LogP contribution in [-0.2, 0) is 6.54 Å². The topological polar surface area (TPSA) is 89.1 Å². The minimum atomic E-state index is -0.0462. The van der Waals surface area contributed by atoms with Crippen molar-refractivity contribution in [1.29, 1.82) is 0 Å².